The number of methoxy groups -OCH3 is 2. The minimum absolute atomic E-state index is 0.204. The molecule has 17 heavy (non-hydrogen) atoms. The maximum Gasteiger partial charge on any atom is 0.166 e. The molecule has 0 aliphatic rings. The summed E-state index contributed by atoms with van der Waals surface area (Å²) in [6.45, 7) is 0. The van der Waals surface area contributed by atoms with Crippen molar-refractivity contribution in [3.63, 3.8) is 0 Å². The van der Waals surface area contributed by atoms with Crippen LogP contribution < -0.4 is 9.47 Å². The molecule has 0 amide bonds. The van der Waals surface area contributed by atoms with Gasteiger partial charge in [0.05, 0.1) is 19.8 Å². The summed E-state index contributed by atoms with van der Waals surface area (Å²) in [5, 5.41) is 0. The van der Waals surface area contributed by atoms with Gasteiger partial charge in [-0.15, -0.1) is 0 Å². The van der Waals surface area contributed by atoms with E-state index in [4.69, 9.17) is 9.47 Å². The Bertz CT molecular complexity index is 509. The lowest BCUT2D eigenvalue weighted by Gasteiger charge is -2.13. The minimum atomic E-state index is -0.396. The minimum Gasteiger partial charge on any atom is -0.496 e. The maximum absolute atomic E-state index is 13.7. The predicted octanol–water partition coefficient (Wildman–Crippen LogP) is 3.51. The molecule has 2 aromatic carbocycles. The highest BCUT2D eigenvalue weighted by Gasteiger charge is 2.16. The third-order valence-electron chi connectivity index (χ3n) is 2.56. The molecule has 0 N–H and O–H groups in total. The summed E-state index contributed by atoms with van der Waals surface area (Å²) >= 11 is 0. The molecule has 2 rings (SSSR count). The van der Waals surface area contributed by atoms with Crippen LogP contribution >= 0.6 is 0 Å². The topological polar surface area (TPSA) is 18.5 Å². The zero-order chi connectivity index (χ0) is 12.3. The van der Waals surface area contributed by atoms with Gasteiger partial charge in [0.25, 0.3) is 0 Å². The summed E-state index contributed by atoms with van der Waals surface area (Å²) in [5.74, 6) is 0.400. The van der Waals surface area contributed by atoms with Crippen molar-refractivity contribution in [2.45, 2.75) is 0 Å². The van der Waals surface area contributed by atoms with E-state index in [2.05, 4.69) is 0 Å². The molecule has 0 heterocycles. The second-order valence-electron chi connectivity index (χ2n) is 3.52. The highest BCUT2D eigenvalue weighted by Crippen LogP contribution is 2.39. The van der Waals surface area contributed by atoms with Crippen molar-refractivity contribution in [3.8, 4) is 22.6 Å². The Morgan fingerprint density at radius 2 is 1.59 bits per heavy atom. The molecule has 0 saturated carbocycles. The fourth-order valence-electron chi connectivity index (χ4n) is 1.79. The molecular formula is C14H13FO2. The van der Waals surface area contributed by atoms with Crippen molar-refractivity contribution < 1.29 is 13.9 Å². The van der Waals surface area contributed by atoms with Crippen LogP contribution in [-0.2, 0) is 0 Å². The number of halogens is 1. The van der Waals surface area contributed by atoms with Gasteiger partial charge >= 0.3 is 0 Å². The van der Waals surface area contributed by atoms with Gasteiger partial charge in [-0.2, -0.15) is 0 Å². The van der Waals surface area contributed by atoms with E-state index in [9.17, 15) is 4.39 Å². The summed E-state index contributed by atoms with van der Waals surface area (Å²) in [6.07, 6.45) is 0. The summed E-state index contributed by atoms with van der Waals surface area (Å²) in [6, 6.07) is 12.4. The molecule has 3 heteroatoms. The van der Waals surface area contributed by atoms with Gasteiger partial charge in [-0.25, -0.2) is 4.39 Å². The van der Waals surface area contributed by atoms with Crippen molar-refractivity contribution in [2.75, 3.05) is 14.2 Å². The Labute approximate surface area is 99.6 Å². The smallest absolute Gasteiger partial charge is 0.166 e. The molecule has 0 saturated heterocycles. The molecule has 0 aliphatic carbocycles. The van der Waals surface area contributed by atoms with Crippen LogP contribution in [0.15, 0.2) is 42.5 Å². The van der Waals surface area contributed by atoms with Crippen molar-refractivity contribution >= 4 is 0 Å². The van der Waals surface area contributed by atoms with Gasteiger partial charge in [-0.1, -0.05) is 30.3 Å². The van der Waals surface area contributed by atoms with Crippen LogP contribution in [0.25, 0.3) is 11.1 Å². The van der Waals surface area contributed by atoms with Crippen LogP contribution in [0.4, 0.5) is 4.39 Å². The quantitative estimate of drug-likeness (QED) is 0.806. The van der Waals surface area contributed by atoms with E-state index >= 15 is 0 Å². The third kappa shape index (κ3) is 2.09. The van der Waals surface area contributed by atoms with Crippen LogP contribution in [0.3, 0.4) is 0 Å². The summed E-state index contributed by atoms with van der Waals surface area (Å²) in [5.41, 5.74) is 1.50. The van der Waals surface area contributed by atoms with Crippen molar-refractivity contribution in [1.29, 1.82) is 0 Å². The van der Waals surface area contributed by atoms with E-state index in [-0.39, 0.29) is 5.75 Å². The molecule has 0 atom stereocenters. The lowest BCUT2D eigenvalue weighted by atomic mass is 10.0. The van der Waals surface area contributed by atoms with E-state index in [1.807, 2.05) is 30.3 Å². The molecule has 0 aromatic heterocycles. The number of rotatable bonds is 3. The molecule has 0 fully saturated rings. The highest BCUT2D eigenvalue weighted by atomic mass is 19.1. The summed E-state index contributed by atoms with van der Waals surface area (Å²) in [4.78, 5) is 0. The number of hydrogen-bond acceptors (Lipinski definition) is 2. The number of ether oxygens (including phenoxy) is 2. The molecule has 0 aliphatic heterocycles. The Kier molecular flexibility index (Phi) is 3.28. The first kappa shape index (κ1) is 11.5. The molecule has 0 spiro atoms. The highest BCUT2D eigenvalue weighted by molar-refractivity contribution is 5.77. The first-order valence-electron chi connectivity index (χ1n) is 5.24. The van der Waals surface area contributed by atoms with Gasteiger partial charge < -0.3 is 9.47 Å². The molecule has 0 radical (unpaired) electrons. The lowest BCUT2D eigenvalue weighted by molar-refractivity contribution is 0.377. The molecule has 2 nitrogen and oxygen atoms in total. The summed E-state index contributed by atoms with van der Waals surface area (Å²) < 4.78 is 24.0. The average Bonchev–Trinajstić information content (AvgIpc) is 2.39. The zero-order valence-electron chi connectivity index (χ0n) is 9.74. The van der Waals surface area contributed by atoms with E-state index in [1.54, 1.807) is 13.2 Å². The van der Waals surface area contributed by atoms with Gasteiger partial charge in [0.2, 0.25) is 0 Å². The largest absolute Gasteiger partial charge is 0.496 e. The fourth-order valence-corrected chi connectivity index (χ4v) is 1.79. The molecule has 0 unspecified atom stereocenters. The summed E-state index contributed by atoms with van der Waals surface area (Å²) in [7, 11) is 3.00. The third-order valence-corrected chi connectivity index (χ3v) is 2.56. The van der Waals surface area contributed by atoms with E-state index < -0.39 is 5.82 Å². The fraction of sp³-hybridized carbons (Fsp3) is 0.143. The monoisotopic (exact) mass is 232 g/mol. The number of hydrogen-bond donors (Lipinski definition) is 0. The van der Waals surface area contributed by atoms with Gasteiger partial charge in [0.1, 0.15) is 5.75 Å². The van der Waals surface area contributed by atoms with Crippen LogP contribution in [-0.4, -0.2) is 14.2 Å². The normalized spacial score (nSPS) is 10.1. The van der Waals surface area contributed by atoms with Crippen LogP contribution in [0.2, 0.25) is 0 Å². The number of benzene rings is 2. The van der Waals surface area contributed by atoms with Gasteiger partial charge in [0, 0.05) is 0 Å². The van der Waals surface area contributed by atoms with Crippen LogP contribution in [0.5, 0.6) is 11.5 Å². The van der Waals surface area contributed by atoms with Gasteiger partial charge in [-0.3, -0.25) is 0 Å². The van der Waals surface area contributed by atoms with E-state index in [0.29, 0.717) is 11.3 Å². The van der Waals surface area contributed by atoms with Crippen molar-refractivity contribution in [3.05, 3.63) is 48.3 Å². The van der Waals surface area contributed by atoms with E-state index in [1.165, 1.54) is 13.2 Å². The van der Waals surface area contributed by atoms with Crippen molar-refractivity contribution in [2.24, 2.45) is 0 Å². The van der Waals surface area contributed by atoms with Gasteiger partial charge in [-0.05, 0) is 17.7 Å². The predicted molar refractivity (Wildman–Crippen MR) is 64.9 cm³/mol. The molecule has 88 valence electrons. The lowest BCUT2D eigenvalue weighted by Crippen LogP contribution is -1.95. The Morgan fingerprint density at radius 1 is 0.882 bits per heavy atom. The van der Waals surface area contributed by atoms with E-state index in [0.717, 1.165) is 5.56 Å². The molecular weight excluding hydrogens is 219 g/mol. The van der Waals surface area contributed by atoms with Crippen molar-refractivity contribution in [1.82, 2.24) is 0 Å². The first-order chi connectivity index (χ1) is 8.27. The zero-order valence-corrected chi connectivity index (χ0v) is 9.74. The SMILES string of the molecule is COc1ccc(F)c(OC)c1-c1ccccc1. The molecule has 2 aromatic rings. The Balaban J connectivity index is 2.69. The second kappa shape index (κ2) is 4.87. The average molecular weight is 232 g/mol. The second-order valence-corrected chi connectivity index (χ2v) is 3.52. The van der Waals surface area contributed by atoms with Crippen LogP contribution in [0, 0.1) is 5.82 Å². The Morgan fingerprint density at radius 3 is 2.18 bits per heavy atom. The Hall–Kier alpha value is -2.03. The standard InChI is InChI=1S/C14H13FO2/c1-16-12-9-8-11(15)14(17-2)13(12)10-6-4-3-5-7-10/h3-9H,1-2H3. The van der Waals surface area contributed by atoms with Gasteiger partial charge in [0.15, 0.2) is 11.6 Å². The first-order valence-corrected chi connectivity index (χ1v) is 5.24. The molecule has 0 bridgehead atoms. The van der Waals surface area contributed by atoms with Crippen LogP contribution in [0.1, 0.15) is 0 Å². The maximum atomic E-state index is 13.7.